The van der Waals surface area contributed by atoms with Gasteiger partial charge in [0.05, 0.1) is 0 Å². The molecule has 1 N–H and O–H groups in total. The summed E-state index contributed by atoms with van der Waals surface area (Å²) in [6.45, 7) is 0.459. The SMILES string of the molecule is O=C1NC2(CCc3ccccc3C2)C(=O)N1CCCCCl. The lowest BCUT2D eigenvalue weighted by Gasteiger charge is -2.32. The van der Waals surface area contributed by atoms with E-state index >= 15 is 0 Å². The fourth-order valence-corrected chi connectivity index (χ4v) is 3.46. The first kappa shape index (κ1) is 14.4. The van der Waals surface area contributed by atoms with Gasteiger partial charge >= 0.3 is 6.03 Å². The van der Waals surface area contributed by atoms with Crippen LogP contribution >= 0.6 is 11.6 Å². The summed E-state index contributed by atoms with van der Waals surface area (Å²) in [5.41, 5.74) is 1.72. The average molecular weight is 307 g/mol. The van der Waals surface area contributed by atoms with Crippen LogP contribution in [0.25, 0.3) is 0 Å². The maximum atomic E-state index is 12.7. The molecule has 4 nitrogen and oxygen atoms in total. The van der Waals surface area contributed by atoms with Crippen molar-refractivity contribution in [2.45, 2.75) is 37.6 Å². The topological polar surface area (TPSA) is 49.4 Å². The Balaban J connectivity index is 1.78. The molecule has 112 valence electrons. The van der Waals surface area contributed by atoms with E-state index in [2.05, 4.69) is 11.4 Å². The first-order chi connectivity index (χ1) is 10.2. The maximum absolute atomic E-state index is 12.7. The molecule has 1 aliphatic heterocycles. The van der Waals surface area contributed by atoms with Crippen LogP contribution in [-0.4, -0.2) is 34.8 Å². The van der Waals surface area contributed by atoms with Crippen LogP contribution in [0.15, 0.2) is 24.3 Å². The zero-order chi connectivity index (χ0) is 14.9. The van der Waals surface area contributed by atoms with Crippen molar-refractivity contribution in [1.82, 2.24) is 10.2 Å². The van der Waals surface area contributed by atoms with Gasteiger partial charge in [-0.25, -0.2) is 4.79 Å². The third-order valence-corrected chi connectivity index (χ3v) is 4.71. The molecular formula is C16H19ClN2O2. The van der Waals surface area contributed by atoms with Crippen LogP contribution in [0, 0.1) is 0 Å². The third-order valence-electron chi connectivity index (χ3n) is 4.44. The van der Waals surface area contributed by atoms with E-state index in [0.29, 0.717) is 25.3 Å². The van der Waals surface area contributed by atoms with Gasteiger partial charge in [0.2, 0.25) is 0 Å². The van der Waals surface area contributed by atoms with Crippen molar-refractivity contribution in [3.63, 3.8) is 0 Å². The summed E-state index contributed by atoms with van der Waals surface area (Å²) in [6, 6.07) is 7.89. The number of alkyl halides is 1. The van der Waals surface area contributed by atoms with Crippen LogP contribution in [-0.2, 0) is 17.6 Å². The van der Waals surface area contributed by atoms with Gasteiger partial charge in [-0.15, -0.1) is 11.6 Å². The number of amides is 3. The highest BCUT2D eigenvalue weighted by Crippen LogP contribution is 2.33. The van der Waals surface area contributed by atoms with Crippen molar-refractivity contribution >= 4 is 23.5 Å². The normalized spacial score (nSPS) is 24.3. The number of carbonyl (C=O) groups excluding carboxylic acids is 2. The Labute approximate surface area is 129 Å². The molecule has 1 spiro atoms. The second-order valence-corrected chi connectivity index (χ2v) is 6.19. The summed E-state index contributed by atoms with van der Waals surface area (Å²) in [6.07, 6.45) is 3.68. The van der Waals surface area contributed by atoms with Gasteiger partial charge in [-0.05, 0) is 36.8 Å². The Morgan fingerprint density at radius 1 is 1.19 bits per heavy atom. The molecule has 21 heavy (non-hydrogen) atoms. The van der Waals surface area contributed by atoms with Gasteiger partial charge in [0.25, 0.3) is 5.91 Å². The van der Waals surface area contributed by atoms with E-state index in [4.69, 9.17) is 11.6 Å². The number of imide groups is 1. The highest BCUT2D eigenvalue weighted by atomic mass is 35.5. The van der Waals surface area contributed by atoms with Gasteiger partial charge in [-0.3, -0.25) is 9.69 Å². The summed E-state index contributed by atoms with van der Waals surface area (Å²) in [4.78, 5) is 26.2. The molecule has 0 saturated carbocycles. The van der Waals surface area contributed by atoms with Crippen LogP contribution in [0.4, 0.5) is 4.79 Å². The molecule has 1 aliphatic carbocycles. The minimum absolute atomic E-state index is 0.0726. The molecule has 1 fully saturated rings. The number of unbranched alkanes of at least 4 members (excludes halogenated alkanes) is 1. The molecule has 0 aromatic heterocycles. The van der Waals surface area contributed by atoms with E-state index in [0.717, 1.165) is 19.3 Å². The number of halogens is 1. The number of hydrogen-bond acceptors (Lipinski definition) is 2. The zero-order valence-electron chi connectivity index (χ0n) is 11.9. The smallest absolute Gasteiger partial charge is 0.323 e. The van der Waals surface area contributed by atoms with Crippen LogP contribution < -0.4 is 5.32 Å². The third kappa shape index (κ3) is 2.53. The van der Waals surface area contributed by atoms with Crippen molar-refractivity contribution in [3.05, 3.63) is 35.4 Å². The first-order valence-corrected chi connectivity index (χ1v) is 7.97. The van der Waals surface area contributed by atoms with Gasteiger partial charge in [-0.2, -0.15) is 0 Å². The van der Waals surface area contributed by atoms with Crippen LogP contribution in [0.3, 0.4) is 0 Å². The van der Waals surface area contributed by atoms with Gasteiger partial charge < -0.3 is 5.32 Å². The quantitative estimate of drug-likeness (QED) is 0.528. The van der Waals surface area contributed by atoms with Gasteiger partial charge in [0, 0.05) is 18.8 Å². The molecule has 0 bridgehead atoms. The maximum Gasteiger partial charge on any atom is 0.325 e. The number of aryl methyl sites for hydroxylation is 1. The number of fused-ring (bicyclic) bond motifs is 1. The Morgan fingerprint density at radius 3 is 2.71 bits per heavy atom. The molecular weight excluding hydrogens is 288 g/mol. The second-order valence-electron chi connectivity index (χ2n) is 5.81. The number of nitrogens with one attached hydrogen (secondary N) is 1. The number of hydrogen-bond donors (Lipinski definition) is 1. The highest BCUT2D eigenvalue weighted by Gasteiger charge is 2.51. The lowest BCUT2D eigenvalue weighted by atomic mass is 9.78. The number of nitrogens with zero attached hydrogens (tertiary/aromatic N) is 1. The number of urea groups is 1. The summed E-state index contributed by atoms with van der Waals surface area (Å²) >= 11 is 5.65. The van der Waals surface area contributed by atoms with E-state index in [1.165, 1.54) is 16.0 Å². The van der Waals surface area contributed by atoms with Crippen molar-refractivity contribution in [2.24, 2.45) is 0 Å². The molecule has 2 aliphatic rings. The van der Waals surface area contributed by atoms with E-state index in [-0.39, 0.29) is 11.9 Å². The molecule has 3 amide bonds. The fourth-order valence-electron chi connectivity index (χ4n) is 3.27. The van der Waals surface area contributed by atoms with Crippen LogP contribution in [0.2, 0.25) is 0 Å². The summed E-state index contributed by atoms with van der Waals surface area (Å²) in [5, 5.41) is 2.94. The monoisotopic (exact) mass is 306 g/mol. The summed E-state index contributed by atoms with van der Waals surface area (Å²) < 4.78 is 0. The standard InChI is InChI=1S/C16H19ClN2O2/c17-9-3-4-10-19-14(20)16(18-15(19)21)8-7-12-5-1-2-6-13(12)11-16/h1-2,5-6H,3-4,7-11H2,(H,18,21). The Bertz CT molecular complexity index is 575. The van der Waals surface area contributed by atoms with Crippen LogP contribution in [0.5, 0.6) is 0 Å². The fraction of sp³-hybridized carbons (Fsp3) is 0.500. The molecule has 1 unspecified atom stereocenters. The number of rotatable bonds is 4. The van der Waals surface area contributed by atoms with Crippen molar-refractivity contribution < 1.29 is 9.59 Å². The average Bonchev–Trinajstić information content (AvgIpc) is 2.71. The number of carbonyl (C=O) groups is 2. The zero-order valence-corrected chi connectivity index (χ0v) is 12.7. The van der Waals surface area contributed by atoms with Crippen molar-refractivity contribution in [1.29, 1.82) is 0 Å². The Morgan fingerprint density at radius 2 is 1.95 bits per heavy atom. The molecule has 0 radical (unpaired) electrons. The molecule has 1 heterocycles. The van der Waals surface area contributed by atoms with Crippen molar-refractivity contribution in [2.75, 3.05) is 12.4 Å². The lowest BCUT2D eigenvalue weighted by Crippen LogP contribution is -2.51. The van der Waals surface area contributed by atoms with E-state index < -0.39 is 5.54 Å². The van der Waals surface area contributed by atoms with Gasteiger partial charge in [-0.1, -0.05) is 24.3 Å². The van der Waals surface area contributed by atoms with E-state index in [1.807, 2.05) is 18.2 Å². The van der Waals surface area contributed by atoms with Crippen molar-refractivity contribution in [3.8, 4) is 0 Å². The Kier molecular flexibility index (Phi) is 3.89. The van der Waals surface area contributed by atoms with E-state index in [1.54, 1.807) is 0 Å². The minimum Gasteiger partial charge on any atom is -0.323 e. The van der Waals surface area contributed by atoms with Gasteiger partial charge in [0.1, 0.15) is 5.54 Å². The minimum atomic E-state index is -0.730. The van der Waals surface area contributed by atoms with Crippen LogP contribution in [0.1, 0.15) is 30.4 Å². The molecule has 1 aromatic carbocycles. The predicted octanol–water partition coefficient (Wildman–Crippen LogP) is 2.48. The van der Waals surface area contributed by atoms with E-state index in [9.17, 15) is 9.59 Å². The molecule has 3 rings (SSSR count). The molecule has 5 heteroatoms. The molecule has 1 aromatic rings. The number of benzene rings is 1. The summed E-state index contributed by atoms with van der Waals surface area (Å²) in [7, 11) is 0. The first-order valence-electron chi connectivity index (χ1n) is 7.43. The largest absolute Gasteiger partial charge is 0.325 e. The predicted molar refractivity (Wildman–Crippen MR) is 81.4 cm³/mol. The highest BCUT2D eigenvalue weighted by molar-refractivity contribution is 6.17. The van der Waals surface area contributed by atoms with Gasteiger partial charge in [0.15, 0.2) is 0 Å². The second kappa shape index (κ2) is 5.68. The summed E-state index contributed by atoms with van der Waals surface area (Å²) in [5.74, 6) is 0.485. The Hall–Kier alpha value is -1.55. The molecule has 1 atom stereocenters. The molecule has 1 saturated heterocycles. The lowest BCUT2D eigenvalue weighted by molar-refractivity contribution is -0.131.